The zero-order chi connectivity index (χ0) is 13.1. The van der Waals surface area contributed by atoms with Crippen LogP contribution in [0.3, 0.4) is 0 Å². The fraction of sp³-hybridized carbons (Fsp3) is 0.294. The number of hydrogen-bond acceptors (Lipinski definition) is 1. The number of benzene rings is 2. The highest BCUT2D eigenvalue weighted by molar-refractivity contribution is 9.08. The Morgan fingerprint density at radius 2 is 1.74 bits per heavy atom. The molecule has 19 heavy (non-hydrogen) atoms. The Kier molecular flexibility index (Phi) is 3.88. The topological polar surface area (TPSA) is 3.24 Å². The molecule has 0 aromatic heterocycles. The summed E-state index contributed by atoms with van der Waals surface area (Å²) in [5.74, 6) is 0. The number of alkyl halides is 1. The normalized spacial score (nSPS) is 14.9. The largest absolute Gasteiger partial charge is 0.341 e. The Morgan fingerprint density at radius 3 is 2.53 bits per heavy atom. The summed E-state index contributed by atoms with van der Waals surface area (Å²) in [5.41, 5.74) is 5.49. The second kappa shape index (κ2) is 5.79. The molecule has 0 bridgehead atoms. The molecule has 1 aliphatic heterocycles. The number of halogens is 1. The zero-order valence-electron chi connectivity index (χ0n) is 11.0. The Morgan fingerprint density at radius 1 is 0.947 bits per heavy atom. The summed E-state index contributed by atoms with van der Waals surface area (Å²) in [4.78, 5) is 2.46. The van der Waals surface area contributed by atoms with Crippen LogP contribution < -0.4 is 4.90 Å². The number of nitrogens with zero attached hydrogens (tertiary/aromatic N) is 1. The van der Waals surface area contributed by atoms with Crippen LogP contribution in [0.15, 0.2) is 48.5 Å². The second-order valence-corrected chi connectivity index (χ2v) is 5.60. The van der Waals surface area contributed by atoms with E-state index in [4.69, 9.17) is 0 Å². The monoisotopic (exact) mass is 315 g/mol. The third kappa shape index (κ3) is 2.69. The van der Waals surface area contributed by atoms with Gasteiger partial charge in [-0.1, -0.05) is 46.3 Å². The van der Waals surface area contributed by atoms with Crippen LogP contribution in [0, 0.1) is 0 Å². The summed E-state index contributed by atoms with van der Waals surface area (Å²) in [5, 5.41) is 0.921. The van der Waals surface area contributed by atoms with Crippen molar-refractivity contribution < 1.29 is 0 Å². The number of aryl methyl sites for hydroxylation is 1. The third-order valence-electron chi connectivity index (χ3n) is 3.76. The van der Waals surface area contributed by atoms with Crippen molar-refractivity contribution in [2.45, 2.75) is 24.6 Å². The Labute approximate surface area is 123 Å². The summed E-state index contributed by atoms with van der Waals surface area (Å²) in [6, 6.07) is 17.7. The Hall–Kier alpha value is -1.28. The molecule has 1 aliphatic rings. The van der Waals surface area contributed by atoms with Crippen LogP contribution in [-0.4, -0.2) is 6.54 Å². The van der Waals surface area contributed by atoms with Crippen molar-refractivity contribution in [1.29, 1.82) is 0 Å². The number of fused-ring (bicyclic) bond motifs is 1. The zero-order valence-corrected chi connectivity index (χ0v) is 12.6. The highest BCUT2D eigenvalue weighted by Crippen LogP contribution is 2.32. The van der Waals surface area contributed by atoms with Gasteiger partial charge in [0.15, 0.2) is 0 Å². The lowest BCUT2D eigenvalue weighted by molar-refractivity contribution is 0.761. The molecule has 0 atom stereocenters. The van der Waals surface area contributed by atoms with Crippen molar-refractivity contribution >= 4 is 27.3 Å². The second-order valence-electron chi connectivity index (χ2n) is 5.04. The first-order chi connectivity index (χ1) is 9.38. The fourth-order valence-electron chi connectivity index (χ4n) is 2.72. The van der Waals surface area contributed by atoms with Crippen LogP contribution in [0.5, 0.6) is 0 Å². The Balaban J connectivity index is 1.99. The predicted octanol–water partition coefficient (Wildman–Crippen LogP) is 5.06. The summed E-state index contributed by atoms with van der Waals surface area (Å²) >= 11 is 3.50. The lowest BCUT2D eigenvalue weighted by atomic mass is 10.1. The number of anilines is 2. The predicted molar refractivity (Wildman–Crippen MR) is 85.5 cm³/mol. The van der Waals surface area contributed by atoms with E-state index in [1.807, 2.05) is 0 Å². The molecule has 1 nitrogen and oxygen atoms in total. The summed E-state index contributed by atoms with van der Waals surface area (Å²) < 4.78 is 0. The maximum absolute atomic E-state index is 3.50. The van der Waals surface area contributed by atoms with E-state index in [2.05, 4.69) is 69.4 Å². The molecule has 0 spiro atoms. The van der Waals surface area contributed by atoms with E-state index in [1.54, 1.807) is 0 Å². The first-order valence-electron chi connectivity index (χ1n) is 6.89. The fourth-order valence-corrected chi connectivity index (χ4v) is 3.10. The summed E-state index contributed by atoms with van der Waals surface area (Å²) in [7, 11) is 0. The molecule has 1 heterocycles. The first-order valence-corrected chi connectivity index (χ1v) is 8.01. The van der Waals surface area contributed by atoms with Gasteiger partial charge in [0, 0.05) is 23.2 Å². The van der Waals surface area contributed by atoms with Crippen molar-refractivity contribution in [3.8, 4) is 0 Å². The minimum atomic E-state index is 0.921. The van der Waals surface area contributed by atoms with Crippen molar-refractivity contribution in [1.82, 2.24) is 0 Å². The molecule has 98 valence electrons. The van der Waals surface area contributed by atoms with E-state index < -0.39 is 0 Å². The van der Waals surface area contributed by atoms with E-state index in [0.717, 1.165) is 11.9 Å². The van der Waals surface area contributed by atoms with Crippen LogP contribution in [0.2, 0.25) is 0 Å². The quantitative estimate of drug-likeness (QED) is 0.700. The van der Waals surface area contributed by atoms with Gasteiger partial charge in [0.1, 0.15) is 0 Å². The SMILES string of the molecule is BrCc1ccc(N2CCCCc3ccccc32)cc1. The van der Waals surface area contributed by atoms with Gasteiger partial charge in [-0.05, 0) is 48.6 Å². The number of rotatable bonds is 2. The van der Waals surface area contributed by atoms with Crippen LogP contribution in [0.4, 0.5) is 11.4 Å². The Bertz CT molecular complexity index is 547. The highest BCUT2D eigenvalue weighted by Gasteiger charge is 2.15. The molecule has 3 rings (SSSR count). The average Bonchev–Trinajstić information content (AvgIpc) is 2.70. The van der Waals surface area contributed by atoms with Gasteiger partial charge in [-0.15, -0.1) is 0 Å². The summed E-state index contributed by atoms with van der Waals surface area (Å²) in [6.07, 6.45) is 3.74. The molecule has 0 amide bonds. The molecule has 0 saturated carbocycles. The smallest absolute Gasteiger partial charge is 0.0443 e. The van der Waals surface area contributed by atoms with Gasteiger partial charge in [-0.25, -0.2) is 0 Å². The molecule has 2 aromatic carbocycles. The molecule has 2 heteroatoms. The molecular formula is C17H18BrN. The van der Waals surface area contributed by atoms with Crippen molar-refractivity contribution in [3.63, 3.8) is 0 Å². The minimum Gasteiger partial charge on any atom is -0.341 e. The van der Waals surface area contributed by atoms with Gasteiger partial charge in [0.25, 0.3) is 0 Å². The highest BCUT2D eigenvalue weighted by atomic mass is 79.9. The standard InChI is InChI=1S/C17H18BrN/c18-13-14-8-10-16(11-9-14)19-12-4-3-6-15-5-1-2-7-17(15)19/h1-2,5,7-11H,3-4,6,12-13H2. The summed E-state index contributed by atoms with van der Waals surface area (Å²) in [6.45, 7) is 1.12. The van der Waals surface area contributed by atoms with Crippen LogP contribution in [0.25, 0.3) is 0 Å². The van der Waals surface area contributed by atoms with Gasteiger partial charge < -0.3 is 4.90 Å². The molecule has 0 unspecified atom stereocenters. The minimum absolute atomic E-state index is 0.921. The molecule has 0 fully saturated rings. The van der Waals surface area contributed by atoms with Gasteiger partial charge in [-0.2, -0.15) is 0 Å². The first kappa shape index (κ1) is 12.7. The molecule has 0 radical (unpaired) electrons. The van der Waals surface area contributed by atoms with E-state index in [0.29, 0.717) is 0 Å². The van der Waals surface area contributed by atoms with Crippen molar-refractivity contribution in [2.75, 3.05) is 11.4 Å². The lowest BCUT2D eigenvalue weighted by Crippen LogP contribution is -2.17. The van der Waals surface area contributed by atoms with E-state index in [9.17, 15) is 0 Å². The third-order valence-corrected chi connectivity index (χ3v) is 4.41. The molecule has 2 aromatic rings. The average molecular weight is 316 g/mol. The van der Waals surface area contributed by atoms with E-state index >= 15 is 0 Å². The molecular weight excluding hydrogens is 298 g/mol. The van der Waals surface area contributed by atoms with Gasteiger partial charge >= 0.3 is 0 Å². The number of para-hydroxylation sites is 1. The molecule has 0 N–H and O–H groups in total. The maximum atomic E-state index is 3.50. The lowest BCUT2D eigenvalue weighted by Gasteiger charge is -2.25. The number of hydrogen-bond donors (Lipinski definition) is 0. The van der Waals surface area contributed by atoms with Crippen LogP contribution >= 0.6 is 15.9 Å². The maximum Gasteiger partial charge on any atom is 0.0443 e. The van der Waals surface area contributed by atoms with Gasteiger partial charge in [-0.3, -0.25) is 0 Å². The van der Waals surface area contributed by atoms with Crippen molar-refractivity contribution in [2.24, 2.45) is 0 Å². The van der Waals surface area contributed by atoms with E-state index in [-0.39, 0.29) is 0 Å². The van der Waals surface area contributed by atoms with Crippen molar-refractivity contribution in [3.05, 3.63) is 59.7 Å². The van der Waals surface area contributed by atoms with Crippen LogP contribution in [-0.2, 0) is 11.8 Å². The molecule has 0 saturated heterocycles. The van der Waals surface area contributed by atoms with Gasteiger partial charge in [0.2, 0.25) is 0 Å². The van der Waals surface area contributed by atoms with E-state index in [1.165, 1.54) is 41.8 Å². The van der Waals surface area contributed by atoms with Gasteiger partial charge in [0.05, 0.1) is 0 Å². The molecule has 0 aliphatic carbocycles. The van der Waals surface area contributed by atoms with Crippen LogP contribution in [0.1, 0.15) is 24.0 Å².